The fourth-order valence-electron chi connectivity index (χ4n) is 4.45. The quantitative estimate of drug-likeness (QED) is 0.850. The molecular formula is C21H23NO3. The van der Waals surface area contributed by atoms with Crippen LogP contribution in [0.2, 0.25) is 0 Å². The average Bonchev–Trinajstić information content (AvgIpc) is 3.10. The van der Waals surface area contributed by atoms with Crippen LogP contribution in [0.3, 0.4) is 0 Å². The number of carbonyl (C=O) groups is 2. The highest BCUT2D eigenvalue weighted by atomic mass is 16.4. The number of rotatable bonds is 6. The summed E-state index contributed by atoms with van der Waals surface area (Å²) in [7, 11) is 0. The first-order valence-electron chi connectivity index (χ1n) is 9.11. The van der Waals surface area contributed by atoms with Crippen LogP contribution in [0.4, 0.5) is 0 Å². The van der Waals surface area contributed by atoms with Gasteiger partial charge < -0.3 is 10.4 Å². The summed E-state index contributed by atoms with van der Waals surface area (Å²) in [4.78, 5) is 23.9. The minimum Gasteiger partial charge on any atom is -0.481 e. The molecule has 0 heterocycles. The van der Waals surface area contributed by atoms with Crippen molar-refractivity contribution in [3.05, 3.63) is 48.0 Å². The lowest BCUT2D eigenvalue weighted by Gasteiger charge is -2.14. The molecule has 0 bridgehead atoms. The molecule has 25 heavy (non-hydrogen) atoms. The van der Waals surface area contributed by atoms with Crippen LogP contribution >= 0.6 is 0 Å². The summed E-state index contributed by atoms with van der Waals surface area (Å²) >= 11 is 0. The molecule has 130 valence electrons. The van der Waals surface area contributed by atoms with Crippen molar-refractivity contribution >= 4 is 22.6 Å². The van der Waals surface area contributed by atoms with E-state index in [1.807, 2.05) is 42.5 Å². The zero-order valence-corrected chi connectivity index (χ0v) is 14.2. The zero-order valence-electron chi connectivity index (χ0n) is 14.2. The molecule has 2 aromatic rings. The number of amides is 1. The summed E-state index contributed by atoms with van der Waals surface area (Å²) in [5.74, 6) is -0.135. The van der Waals surface area contributed by atoms with E-state index in [1.54, 1.807) is 0 Å². The minimum absolute atomic E-state index is 0.0551. The molecule has 4 nitrogen and oxygen atoms in total. The molecule has 3 atom stereocenters. The number of hydrogen-bond acceptors (Lipinski definition) is 2. The van der Waals surface area contributed by atoms with Gasteiger partial charge in [0.25, 0.3) is 0 Å². The summed E-state index contributed by atoms with van der Waals surface area (Å²) in [5.41, 5.74) is 0.989. The van der Waals surface area contributed by atoms with Crippen LogP contribution in [0.1, 0.15) is 24.8 Å². The van der Waals surface area contributed by atoms with Crippen molar-refractivity contribution in [2.45, 2.75) is 25.7 Å². The maximum absolute atomic E-state index is 12.3. The molecule has 0 aliphatic heterocycles. The molecular weight excluding hydrogens is 314 g/mol. The Kier molecular flexibility index (Phi) is 4.20. The molecule has 2 aromatic carbocycles. The van der Waals surface area contributed by atoms with Crippen molar-refractivity contribution in [3.8, 4) is 0 Å². The van der Waals surface area contributed by atoms with Gasteiger partial charge >= 0.3 is 5.97 Å². The van der Waals surface area contributed by atoms with Gasteiger partial charge in [-0.1, -0.05) is 48.9 Å². The fourth-order valence-corrected chi connectivity index (χ4v) is 4.45. The number of fused-ring (bicyclic) bond motifs is 2. The molecule has 2 aliphatic rings. The van der Waals surface area contributed by atoms with Crippen LogP contribution in [0.5, 0.6) is 0 Å². The minimum atomic E-state index is -0.857. The van der Waals surface area contributed by atoms with E-state index in [9.17, 15) is 14.7 Å². The van der Waals surface area contributed by atoms with E-state index in [0.717, 1.165) is 29.2 Å². The third kappa shape index (κ3) is 3.26. The van der Waals surface area contributed by atoms with Gasteiger partial charge in [-0.3, -0.25) is 9.59 Å². The average molecular weight is 337 g/mol. The Hall–Kier alpha value is -2.36. The lowest BCUT2D eigenvalue weighted by molar-refractivity contribution is -0.141. The van der Waals surface area contributed by atoms with Crippen molar-refractivity contribution < 1.29 is 14.7 Å². The number of carboxylic acid groups (broad SMARTS) is 1. The number of hydrogen-bond donors (Lipinski definition) is 2. The number of carbonyl (C=O) groups excluding carboxylic acids is 1. The normalized spacial score (nSPS) is 25.4. The molecule has 4 rings (SSSR count). The number of aliphatic carboxylic acids is 1. The van der Waals surface area contributed by atoms with E-state index in [-0.39, 0.29) is 18.4 Å². The second-order valence-electron chi connectivity index (χ2n) is 7.45. The van der Waals surface area contributed by atoms with Gasteiger partial charge in [0.1, 0.15) is 0 Å². The first-order valence-corrected chi connectivity index (χ1v) is 9.11. The van der Waals surface area contributed by atoms with Crippen molar-refractivity contribution in [2.24, 2.45) is 23.7 Å². The molecule has 0 aromatic heterocycles. The van der Waals surface area contributed by atoms with Crippen LogP contribution in [-0.4, -0.2) is 23.5 Å². The highest BCUT2D eigenvalue weighted by Gasteiger charge is 2.56. The highest BCUT2D eigenvalue weighted by molar-refractivity contribution is 5.84. The molecule has 4 heteroatoms. The Morgan fingerprint density at radius 3 is 2.52 bits per heavy atom. The van der Waals surface area contributed by atoms with E-state index < -0.39 is 11.9 Å². The SMILES string of the molecule is O=C(O)C(CNC(=O)C1C2CCCC21)Cc1ccc2ccccc2c1. The van der Waals surface area contributed by atoms with Crippen LogP contribution < -0.4 is 5.32 Å². The first kappa shape index (κ1) is 16.1. The van der Waals surface area contributed by atoms with Gasteiger partial charge in [-0.25, -0.2) is 0 Å². The topological polar surface area (TPSA) is 66.4 Å². The second-order valence-corrected chi connectivity index (χ2v) is 7.45. The predicted octanol–water partition coefficient (Wildman–Crippen LogP) is 3.25. The summed E-state index contributed by atoms with van der Waals surface area (Å²) in [5, 5.41) is 14.7. The summed E-state index contributed by atoms with van der Waals surface area (Å²) in [6, 6.07) is 14.1. The Labute approximate surface area is 147 Å². The lowest BCUT2D eigenvalue weighted by atomic mass is 9.97. The maximum Gasteiger partial charge on any atom is 0.308 e. The molecule has 0 spiro atoms. The van der Waals surface area contributed by atoms with Crippen molar-refractivity contribution in [1.82, 2.24) is 5.32 Å². The van der Waals surface area contributed by atoms with Crippen molar-refractivity contribution in [3.63, 3.8) is 0 Å². The fraction of sp³-hybridized carbons (Fsp3) is 0.429. The van der Waals surface area contributed by atoms with Gasteiger partial charge in [-0.15, -0.1) is 0 Å². The predicted molar refractivity (Wildman–Crippen MR) is 96.1 cm³/mol. The summed E-state index contributed by atoms with van der Waals surface area (Å²) in [6.45, 7) is 0.205. The molecule has 0 radical (unpaired) electrons. The number of nitrogens with one attached hydrogen (secondary N) is 1. The maximum atomic E-state index is 12.3. The Morgan fingerprint density at radius 1 is 1.08 bits per heavy atom. The summed E-state index contributed by atoms with van der Waals surface area (Å²) in [6.07, 6.45) is 3.97. The van der Waals surface area contributed by atoms with E-state index in [4.69, 9.17) is 0 Å². The van der Waals surface area contributed by atoms with Crippen molar-refractivity contribution in [1.29, 1.82) is 0 Å². The molecule has 1 amide bonds. The smallest absolute Gasteiger partial charge is 0.308 e. The molecule has 2 saturated carbocycles. The molecule has 2 N–H and O–H groups in total. The standard InChI is InChI=1S/C21H23NO3/c23-20(19-17-6-3-7-18(17)19)22-12-16(21(24)25)11-13-8-9-14-4-1-2-5-15(14)10-13/h1-2,4-5,8-10,16-19H,3,6-7,11-12H2,(H,22,23)(H,24,25). The van der Waals surface area contributed by atoms with Gasteiger partial charge in [0.15, 0.2) is 0 Å². The summed E-state index contributed by atoms with van der Waals surface area (Å²) < 4.78 is 0. The van der Waals surface area contributed by atoms with Gasteiger partial charge in [0.2, 0.25) is 5.91 Å². The number of benzene rings is 2. The van der Waals surface area contributed by atoms with E-state index in [2.05, 4.69) is 5.32 Å². The van der Waals surface area contributed by atoms with Crippen LogP contribution in [-0.2, 0) is 16.0 Å². The van der Waals surface area contributed by atoms with Gasteiger partial charge in [0.05, 0.1) is 5.92 Å². The third-order valence-electron chi connectivity index (χ3n) is 5.88. The van der Waals surface area contributed by atoms with Crippen LogP contribution in [0.25, 0.3) is 10.8 Å². The monoisotopic (exact) mass is 337 g/mol. The van der Waals surface area contributed by atoms with E-state index in [1.165, 1.54) is 6.42 Å². The first-order chi connectivity index (χ1) is 12.1. The lowest BCUT2D eigenvalue weighted by Crippen LogP contribution is -2.35. The van der Waals surface area contributed by atoms with E-state index in [0.29, 0.717) is 18.3 Å². The van der Waals surface area contributed by atoms with Crippen LogP contribution in [0, 0.1) is 23.7 Å². The van der Waals surface area contributed by atoms with Crippen molar-refractivity contribution in [2.75, 3.05) is 6.54 Å². The van der Waals surface area contributed by atoms with Gasteiger partial charge in [-0.2, -0.15) is 0 Å². The van der Waals surface area contributed by atoms with Gasteiger partial charge in [0, 0.05) is 12.5 Å². The number of carboxylic acids is 1. The van der Waals surface area contributed by atoms with E-state index >= 15 is 0 Å². The zero-order chi connectivity index (χ0) is 17.4. The second kappa shape index (κ2) is 6.51. The van der Waals surface area contributed by atoms with Crippen LogP contribution in [0.15, 0.2) is 42.5 Å². The molecule has 2 aliphatic carbocycles. The molecule has 3 unspecified atom stereocenters. The third-order valence-corrected chi connectivity index (χ3v) is 5.88. The molecule has 2 fully saturated rings. The Bertz CT molecular complexity index is 806. The Balaban J connectivity index is 1.38. The Morgan fingerprint density at radius 2 is 1.80 bits per heavy atom. The largest absolute Gasteiger partial charge is 0.481 e. The molecule has 0 saturated heterocycles. The van der Waals surface area contributed by atoms with Gasteiger partial charge in [-0.05, 0) is 47.4 Å². The highest BCUT2D eigenvalue weighted by Crippen LogP contribution is 2.57.